The van der Waals surface area contributed by atoms with Crippen LogP contribution in [0.15, 0.2) is 35.3 Å². The molecule has 106 valence electrons. The maximum atomic E-state index is 11.5. The first kappa shape index (κ1) is 14.4. The molecule has 0 bridgehead atoms. The molecular formula is C13H14N3O3S-. The Labute approximate surface area is 118 Å². The molecule has 1 aromatic heterocycles. The number of aromatic nitrogens is 2. The monoisotopic (exact) mass is 292 g/mol. The molecule has 2 atom stereocenters. The van der Waals surface area contributed by atoms with Gasteiger partial charge in [0.2, 0.25) is 0 Å². The third-order valence-electron chi connectivity index (χ3n) is 3.04. The minimum absolute atomic E-state index is 0.0872. The summed E-state index contributed by atoms with van der Waals surface area (Å²) in [6.45, 7) is 1.60. The van der Waals surface area contributed by atoms with Crippen molar-refractivity contribution in [2.24, 2.45) is 7.05 Å². The normalized spacial score (nSPS) is 13.9. The molecule has 0 aliphatic heterocycles. The second kappa shape index (κ2) is 5.56. The van der Waals surface area contributed by atoms with Gasteiger partial charge in [-0.05, 0) is 29.6 Å². The van der Waals surface area contributed by atoms with Crippen molar-refractivity contribution in [3.05, 3.63) is 46.4 Å². The van der Waals surface area contributed by atoms with Crippen molar-refractivity contribution in [1.82, 2.24) is 9.55 Å². The number of hydrogen-bond acceptors (Lipinski definition) is 5. The molecule has 7 heteroatoms. The van der Waals surface area contributed by atoms with Crippen molar-refractivity contribution in [3.63, 3.8) is 0 Å². The zero-order chi connectivity index (χ0) is 14.9. The molecule has 2 N–H and O–H groups in total. The van der Waals surface area contributed by atoms with Crippen molar-refractivity contribution < 1.29 is 8.76 Å². The number of aryl methyl sites for hydroxylation is 1. The molecule has 2 rings (SSSR count). The summed E-state index contributed by atoms with van der Waals surface area (Å²) in [5.74, 6) is -0.0872. The van der Waals surface area contributed by atoms with Crippen molar-refractivity contribution in [1.29, 1.82) is 0 Å². The lowest BCUT2D eigenvalue weighted by atomic mass is 10.1. The van der Waals surface area contributed by atoms with E-state index >= 15 is 0 Å². The fourth-order valence-corrected chi connectivity index (χ4v) is 2.20. The Balaban J connectivity index is 2.51. The zero-order valence-corrected chi connectivity index (χ0v) is 11.9. The molecule has 1 aromatic carbocycles. The van der Waals surface area contributed by atoms with E-state index in [1.165, 1.54) is 4.57 Å². The van der Waals surface area contributed by atoms with Gasteiger partial charge in [0.25, 0.3) is 5.56 Å². The molecule has 2 aromatic rings. The Morgan fingerprint density at radius 1 is 1.45 bits per heavy atom. The van der Waals surface area contributed by atoms with E-state index in [2.05, 4.69) is 4.98 Å². The molecular weight excluding hydrogens is 278 g/mol. The van der Waals surface area contributed by atoms with Gasteiger partial charge >= 0.3 is 0 Å². The standard InChI is InChI=1S/C13H15N3O3S/c1-8(20(18)19)9-4-3-5-10(6-9)11-7-16(2)13(17)12(14)15-11/h3-8H,1-2H3,(H2,14,15)(H,18,19)/p-1. The summed E-state index contributed by atoms with van der Waals surface area (Å²) in [5.41, 5.74) is 7.09. The summed E-state index contributed by atoms with van der Waals surface area (Å²) in [4.78, 5) is 15.6. The van der Waals surface area contributed by atoms with E-state index in [9.17, 15) is 13.6 Å². The molecule has 0 saturated heterocycles. The van der Waals surface area contributed by atoms with Gasteiger partial charge in [-0.3, -0.25) is 9.00 Å². The van der Waals surface area contributed by atoms with E-state index in [-0.39, 0.29) is 11.4 Å². The Kier molecular flexibility index (Phi) is 4.01. The van der Waals surface area contributed by atoms with Crippen LogP contribution in [0.4, 0.5) is 5.82 Å². The van der Waals surface area contributed by atoms with Crippen LogP contribution in [0.5, 0.6) is 0 Å². The van der Waals surface area contributed by atoms with Crippen LogP contribution in [0.3, 0.4) is 0 Å². The number of benzene rings is 1. The van der Waals surface area contributed by atoms with Crippen LogP contribution in [0.1, 0.15) is 17.7 Å². The van der Waals surface area contributed by atoms with Gasteiger partial charge in [-0.2, -0.15) is 0 Å². The van der Waals surface area contributed by atoms with Crippen LogP contribution in [-0.4, -0.2) is 18.3 Å². The summed E-state index contributed by atoms with van der Waals surface area (Å²) in [5, 5.41) is -0.611. The van der Waals surface area contributed by atoms with Gasteiger partial charge in [-0.1, -0.05) is 18.2 Å². The number of rotatable bonds is 3. The minimum Gasteiger partial charge on any atom is -0.772 e. The summed E-state index contributed by atoms with van der Waals surface area (Å²) < 4.78 is 23.4. The maximum Gasteiger partial charge on any atom is 0.292 e. The quantitative estimate of drug-likeness (QED) is 0.849. The van der Waals surface area contributed by atoms with E-state index in [0.717, 1.165) is 0 Å². The van der Waals surface area contributed by atoms with Crippen LogP contribution >= 0.6 is 0 Å². The van der Waals surface area contributed by atoms with Crippen LogP contribution < -0.4 is 11.3 Å². The summed E-state index contributed by atoms with van der Waals surface area (Å²) in [6, 6.07) is 7.00. The van der Waals surface area contributed by atoms with Crippen LogP contribution in [-0.2, 0) is 18.1 Å². The molecule has 0 fully saturated rings. The van der Waals surface area contributed by atoms with Gasteiger partial charge in [0, 0.05) is 24.1 Å². The molecule has 2 unspecified atom stereocenters. The first-order valence-corrected chi connectivity index (χ1v) is 7.05. The molecule has 0 spiro atoms. The van der Waals surface area contributed by atoms with E-state index in [4.69, 9.17) is 5.73 Å². The summed E-state index contributed by atoms with van der Waals surface area (Å²) in [7, 11) is 1.59. The Hall–Kier alpha value is -1.99. The molecule has 0 saturated carbocycles. The van der Waals surface area contributed by atoms with Gasteiger partial charge in [0.05, 0.1) is 5.69 Å². The van der Waals surface area contributed by atoms with Gasteiger partial charge in [-0.25, -0.2) is 4.98 Å². The highest BCUT2D eigenvalue weighted by atomic mass is 32.2. The van der Waals surface area contributed by atoms with E-state index in [1.54, 1.807) is 44.4 Å². The van der Waals surface area contributed by atoms with Crippen molar-refractivity contribution >= 4 is 16.9 Å². The molecule has 1 heterocycles. The maximum absolute atomic E-state index is 11.5. The van der Waals surface area contributed by atoms with Gasteiger partial charge in [0.1, 0.15) is 0 Å². The van der Waals surface area contributed by atoms with Crippen molar-refractivity contribution in [2.45, 2.75) is 12.2 Å². The van der Waals surface area contributed by atoms with Crippen LogP contribution in [0.25, 0.3) is 11.3 Å². The minimum atomic E-state index is -2.19. The first-order chi connectivity index (χ1) is 9.40. The Morgan fingerprint density at radius 2 is 2.15 bits per heavy atom. The fraction of sp³-hybridized carbons (Fsp3) is 0.231. The molecule has 0 radical (unpaired) electrons. The molecule has 6 nitrogen and oxygen atoms in total. The van der Waals surface area contributed by atoms with Crippen molar-refractivity contribution in [2.75, 3.05) is 5.73 Å². The SMILES string of the molecule is CC(c1cccc(-c2cn(C)c(=O)c(N)n2)c1)S(=O)[O-]. The highest BCUT2D eigenvalue weighted by Crippen LogP contribution is 2.24. The topological polar surface area (TPSA) is 101 Å². The average Bonchev–Trinajstić information content (AvgIpc) is 2.43. The lowest BCUT2D eigenvalue weighted by Crippen LogP contribution is -2.21. The highest BCUT2D eigenvalue weighted by Gasteiger charge is 2.09. The lowest BCUT2D eigenvalue weighted by Gasteiger charge is -2.16. The fourth-order valence-electron chi connectivity index (χ4n) is 1.83. The molecule has 20 heavy (non-hydrogen) atoms. The van der Waals surface area contributed by atoms with Crippen LogP contribution in [0, 0.1) is 0 Å². The second-order valence-corrected chi connectivity index (χ2v) is 5.68. The van der Waals surface area contributed by atoms with Crippen LogP contribution in [0.2, 0.25) is 0 Å². The number of nitrogens with two attached hydrogens (primary N) is 1. The third kappa shape index (κ3) is 2.78. The van der Waals surface area contributed by atoms with Gasteiger partial charge in [0.15, 0.2) is 5.82 Å². The number of nitrogens with zero attached hydrogens (tertiary/aromatic N) is 2. The Bertz CT molecular complexity index is 701. The largest absolute Gasteiger partial charge is 0.772 e. The van der Waals surface area contributed by atoms with E-state index < -0.39 is 16.3 Å². The van der Waals surface area contributed by atoms with E-state index in [0.29, 0.717) is 16.8 Å². The second-order valence-electron chi connectivity index (χ2n) is 4.46. The number of hydrogen-bond donors (Lipinski definition) is 1. The average molecular weight is 292 g/mol. The lowest BCUT2D eigenvalue weighted by molar-refractivity contribution is 0.527. The van der Waals surface area contributed by atoms with Gasteiger partial charge < -0.3 is 14.9 Å². The highest BCUT2D eigenvalue weighted by molar-refractivity contribution is 7.79. The van der Waals surface area contributed by atoms with E-state index in [1.807, 2.05) is 0 Å². The molecule has 0 amide bonds. The van der Waals surface area contributed by atoms with Gasteiger partial charge in [-0.15, -0.1) is 0 Å². The Morgan fingerprint density at radius 3 is 2.75 bits per heavy atom. The predicted molar refractivity (Wildman–Crippen MR) is 76.7 cm³/mol. The number of nitrogen functional groups attached to an aromatic ring is 1. The summed E-state index contributed by atoms with van der Waals surface area (Å²) >= 11 is -2.19. The smallest absolute Gasteiger partial charge is 0.292 e. The first-order valence-electron chi connectivity index (χ1n) is 5.91. The number of anilines is 1. The molecule has 0 aliphatic carbocycles. The van der Waals surface area contributed by atoms with Crippen molar-refractivity contribution in [3.8, 4) is 11.3 Å². The predicted octanol–water partition coefficient (Wildman–Crippen LogP) is 0.970. The third-order valence-corrected chi connectivity index (χ3v) is 3.89. The zero-order valence-electron chi connectivity index (χ0n) is 11.1. The summed E-state index contributed by atoms with van der Waals surface area (Å²) in [6.07, 6.45) is 1.57. The molecule has 0 aliphatic rings.